The number of aryl methyl sites for hydroxylation is 1. The monoisotopic (exact) mass is 219 g/mol. The molecule has 3 rings (SSSR count). The second-order valence-electron chi connectivity index (χ2n) is 4.06. The molecular formula is C15H11N2. The lowest BCUT2D eigenvalue weighted by molar-refractivity contribution is 1.20. The molecule has 0 atom stereocenters. The summed E-state index contributed by atoms with van der Waals surface area (Å²) in [5, 5.41) is 1.08. The van der Waals surface area contributed by atoms with Crippen molar-refractivity contribution in [3.05, 3.63) is 60.4 Å². The first-order valence-electron chi connectivity index (χ1n) is 5.54. The van der Waals surface area contributed by atoms with Gasteiger partial charge in [0, 0.05) is 10.9 Å². The molecule has 17 heavy (non-hydrogen) atoms. The lowest BCUT2D eigenvalue weighted by Crippen LogP contribution is -1.89. The lowest BCUT2D eigenvalue weighted by atomic mass is 10.1. The van der Waals surface area contributed by atoms with Crippen LogP contribution in [0.5, 0.6) is 0 Å². The van der Waals surface area contributed by atoms with Crippen LogP contribution in [-0.4, -0.2) is 9.97 Å². The fourth-order valence-electron chi connectivity index (χ4n) is 1.94. The molecule has 0 aliphatic heterocycles. The van der Waals surface area contributed by atoms with Gasteiger partial charge in [-0.1, -0.05) is 42.0 Å². The van der Waals surface area contributed by atoms with Crippen LogP contribution in [0.1, 0.15) is 5.56 Å². The third-order valence-electron chi connectivity index (χ3n) is 2.79. The third kappa shape index (κ3) is 1.78. The predicted octanol–water partition coefficient (Wildman–Crippen LogP) is 3.41. The lowest BCUT2D eigenvalue weighted by Gasteiger charge is -2.05. The summed E-state index contributed by atoms with van der Waals surface area (Å²) >= 11 is 0. The van der Waals surface area contributed by atoms with Crippen LogP contribution in [0.2, 0.25) is 0 Å². The van der Waals surface area contributed by atoms with Crippen LogP contribution in [-0.2, 0) is 0 Å². The molecule has 0 spiro atoms. The number of fused-ring (bicyclic) bond motifs is 1. The fourth-order valence-corrected chi connectivity index (χ4v) is 1.94. The van der Waals surface area contributed by atoms with Crippen molar-refractivity contribution in [3.63, 3.8) is 0 Å². The Bertz CT molecular complexity index is 660. The molecule has 0 fully saturated rings. The Balaban J connectivity index is 2.33. The van der Waals surface area contributed by atoms with Gasteiger partial charge in [0.15, 0.2) is 6.33 Å². The van der Waals surface area contributed by atoms with E-state index >= 15 is 0 Å². The van der Waals surface area contributed by atoms with Gasteiger partial charge in [-0.2, -0.15) is 0 Å². The van der Waals surface area contributed by atoms with Gasteiger partial charge in [-0.05, 0) is 19.1 Å². The Morgan fingerprint density at radius 3 is 2.59 bits per heavy atom. The molecule has 0 saturated carbocycles. The highest BCUT2D eigenvalue weighted by Crippen LogP contribution is 2.25. The first-order valence-corrected chi connectivity index (χ1v) is 5.54. The molecule has 2 nitrogen and oxygen atoms in total. The van der Waals surface area contributed by atoms with E-state index in [0.29, 0.717) is 0 Å². The highest BCUT2D eigenvalue weighted by Gasteiger charge is 2.05. The highest BCUT2D eigenvalue weighted by molar-refractivity contribution is 5.92. The molecular weight excluding hydrogens is 208 g/mol. The summed E-state index contributed by atoms with van der Waals surface area (Å²) < 4.78 is 0. The largest absolute Gasteiger partial charge is 0.225 e. The second-order valence-corrected chi connectivity index (χ2v) is 4.06. The molecule has 2 aromatic carbocycles. The van der Waals surface area contributed by atoms with E-state index in [1.807, 2.05) is 24.3 Å². The average molecular weight is 219 g/mol. The first kappa shape index (κ1) is 9.97. The van der Waals surface area contributed by atoms with Crippen molar-refractivity contribution in [2.75, 3.05) is 0 Å². The average Bonchev–Trinajstić information content (AvgIpc) is 2.39. The molecule has 0 amide bonds. The minimum Gasteiger partial charge on any atom is -0.225 e. The van der Waals surface area contributed by atoms with Crippen molar-refractivity contribution in [3.8, 4) is 11.3 Å². The van der Waals surface area contributed by atoms with E-state index in [-0.39, 0.29) is 0 Å². The van der Waals surface area contributed by atoms with Crippen LogP contribution < -0.4 is 0 Å². The summed E-state index contributed by atoms with van der Waals surface area (Å²) in [6, 6.07) is 16.3. The van der Waals surface area contributed by atoms with Gasteiger partial charge in [0.2, 0.25) is 0 Å². The Labute approximate surface area is 100.0 Å². The maximum absolute atomic E-state index is 4.28. The van der Waals surface area contributed by atoms with Crippen molar-refractivity contribution in [2.45, 2.75) is 6.92 Å². The van der Waals surface area contributed by atoms with Crippen molar-refractivity contribution < 1.29 is 0 Å². The minimum atomic E-state index is 0.935. The Morgan fingerprint density at radius 1 is 0.941 bits per heavy atom. The zero-order valence-electron chi connectivity index (χ0n) is 9.51. The normalized spacial score (nSPS) is 10.6. The molecule has 0 saturated heterocycles. The summed E-state index contributed by atoms with van der Waals surface area (Å²) in [5.74, 6) is 0. The molecule has 2 heteroatoms. The van der Waals surface area contributed by atoms with E-state index < -0.39 is 0 Å². The molecule has 0 aliphatic carbocycles. The molecule has 3 aromatic rings. The van der Waals surface area contributed by atoms with E-state index in [9.17, 15) is 0 Å². The van der Waals surface area contributed by atoms with Crippen LogP contribution in [0.15, 0.2) is 48.5 Å². The van der Waals surface area contributed by atoms with E-state index in [4.69, 9.17) is 0 Å². The van der Waals surface area contributed by atoms with Crippen LogP contribution in [0.4, 0.5) is 0 Å². The SMILES string of the molecule is Cc1ccc2n[c]nc(-c3ccccc3)c2c1. The van der Waals surface area contributed by atoms with Gasteiger partial charge in [0.05, 0.1) is 11.2 Å². The van der Waals surface area contributed by atoms with Crippen LogP contribution in [0.3, 0.4) is 0 Å². The fraction of sp³-hybridized carbons (Fsp3) is 0.0667. The maximum Gasteiger partial charge on any atom is 0.198 e. The topological polar surface area (TPSA) is 25.8 Å². The molecule has 81 valence electrons. The zero-order chi connectivity index (χ0) is 11.7. The van der Waals surface area contributed by atoms with Crippen LogP contribution >= 0.6 is 0 Å². The number of aromatic nitrogens is 2. The number of rotatable bonds is 1. The summed E-state index contributed by atoms with van der Waals surface area (Å²) in [5.41, 5.74) is 4.19. The number of hydrogen-bond acceptors (Lipinski definition) is 2. The van der Waals surface area contributed by atoms with E-state index in [0.717, 1.165) is 22.2 Å². The molecule has 1 heterocycles. The zero-order valence-corrected chi connectivity index (χ0v) is 9.51. The van der Waals surface area contributed by atoms with Gasteiger partial charge in [-0.15, -0.1) is 0 Å². The third-order valence-corrected chi connectivity index (χ3v) is 2.79. The molecule has 0 aliphatic rings. The number of nitrogens with zero attached hydrogens (tertiary/aromatic N) is 2. The van der Waals surface area contributed by atoms with Gasteiger partial charge in [0.25, 0.3) is 0 Å². The standard InChI is InChI=1S/C15H11N2/c1-11-7-8-14-13(9-11)15(17-10-16-14)12-5-3-2-4-6-12/h2-9H,1H3. The summed E-state index contributed by atoms with van der Waals surface area (Å²) in [4.78, 5) is 8.45. The number of benzene rings is 2. The van der Waals surface area contributed by atoms with E-state index in [1.165, 1.54) is 5.56 Å². The van der Waals surface area contributed by atoms with Crippen molar-refractivity contribution in [1.29, 1.82) is 0 Å². The van der Waals surface area contributed by atoms with Gasteiger partial charge in [-0.25, -0.2) is 9.97 Å². The quantitative estimate of drug-likeness (QED) is 0.626. The Kier molecular flexibility index (Phi) is 2.33. The summed E-state index contributed by atoms with van der Waals surface area (Å²) in [7, 11) is 0. The smallest absolute Gasteiger partial charge is 0.198 e. The van der Waals surface area contributed by atoms with Gasteiger partial charge in [-0.3, -0.25) is 0 Å². The highest BCUT2D eigenvalue weighted by atomic mass is 14.8. The first-order chi connectivity index (χ1) is 8.34. The summed E-state index contributed by atoms with van der Waals surface area (Å²) in [6.45, 7) is 2.07. The molecule has 0 bridgehead atoms. The van der Waals surface area contributed by atoms with Gasteiger partial charge < -0.3 is 0 Å². The molecule has 0 N–H and O–H groups in total. The molecule has 1 aromatic heterocycles. The van der Waals surface area contributed by atoms with Crippen LogP contribution in [0.25, 0.3) is 22.2 Å². The van der Waals surface area contributed by atoms with Gasteiger partial charge in [0.1, 0.15) is 0 Å². The minimum absolute atomic E-state index is 0.935. The summed E-state index contributed by atoms with van der Waals surface area (Å²) in [6.07, 6.45) is 2.72. The van der Waals surface area contributed by atoms with E-state index in [1.54, 1.807) is 0 Å². The number of hydrogen-bond donors (Lipinski definition) is 0. The van der Waals surface area contributed by atoms with Crippen molar-refractivity contribution in [2.24, 2.45) is 0 Å². The van der Waals surface area contributed by atoms with Crippen LogP contribution in [0, 0.1) is 13.3 Å². The van der Waals surface area contributed by atoms with E-state index in [2.05, 4.69) is 47.5 Å². The molecule has 0 unspecified atom stereocenters. The predicted molar refractivity (Wildman–Crippen MR) is 68.5 cm³/mol. The van der Waals surface area contributed by atoms with Crippen molar-refractivity contribution in [1.82, 2.24) is 9.97 Å². The Hall–Kier alpha value is -2.22. The molecule has 1 radical (unpaired) electrons. The maximum atomic E-state index is 4.28. The Morgan fingerprint density at radius 2 is 1.76 bits per heavy atom. The van der Waals surface area contributed by atoms with Gasteiger partial charge >= 0.3 is 0 Å². The second kappa shape index (κ2) is 3.98. The van der Waals surface area contributed by atoms with Crippen molar-refractivity contribution >= 4 is 10.9 Å².